The first-order chi connectivity index (χ1) is 12.3. The SMILES string of the molecule is CN(C(=O)c1ccc(-c2csc(C(N)=O)c2)cc1)C1CCOC(C)(C)C1. The minimum atomic E-state index is -0.422. The summed E-state index contributed by atoms with van der Waals surface area (Å²) < 4.78 is 5.74. The zero-order valence-electron chi connectivity index (χ0n) is 15.3. The summed E-state index contributed by atoms with van der Waals surface area (Å²) in [6, 6.07) is 9.44. The van der Waals surface area contributed by atoms with Gasteiger partial charge in [-0.05, 0) is 61.4 Å². The third-order valence-corrected chi connectivity index (χ3v) is 5.79. The summed E-state index contributed by atoms with van der Waals surface area (Å²) in [5.74, 6) is -0.406. The van der Waals surface area contributed by atoms with Crippen LogP contribution in [-0.2, 0) is 4.74 Å². The molecule has 1 aromatic carbocycles. The number of carbonyl (C=O) groups is 2. The number of nitrogens with zero attached hydrogens (tertiary/aromatic N) is 1. The van der Waals surface area contributed by atoms with Crippen molar-refractivity contribution in [2.24, 2.45) is 5.73 Å². The number of benzene rings is 1. The van der Waals surface area contributed by atoms with E-state index in [9.17, 15) is 9.59 Å². The van der Waals surface area contributed by atoms with Crippen LogP contribution < -0.4 is 5.73 Å². The molecule has 5 nitrogen and oxygen atoms in total. The number of thiophene rings is 1. The lowest BCUT2D eigenvalue weighted by atomic mass is 9.92. The van der Waals surface area contributed by atoms with Gasteiger partial charge < -0.3 is 15.4 Å². The van der Waals surface area contributed by atoms with Gasteiger partial charge in [-0.25, -0.2) is 0 Å². The smallest absolute Gasteiger partial charge is 0.258 e. The highest BCUT2D eigenvalue weighted by Gasteiger charge is 2.32. The van der Waals surface area contributed by atoms with Crippen LogP contribution in [0.5, 0.6) is 0 Å². The molecule has 6 heteroatoms. The van der Waals surface area contributed by atoms with Crippen LogP contribution >= 0.6 is 11.3 Å². The van der Waals surface area contributed by atoms with E-state index in [1.54, 1.807) is 6.07 Å². The second kappa shape index (κ2) is 7.21. The number of amides is 2. The van der Waals surface area contributed by atoms with Gasteiger partial charge in [-0.2, -0.15) is 0 Å². The predicted molar refractivity (Wildman–Crippen MR) is 103 cm³/mol. The largest absolute Gasteiger partial charge is 0.375 e. The fourth-order valence-corrected chi connectivity index (χ4v) is 4.09. The summed E-state index contributed by atoms with van der Waals surface area (Å²) in [5, 5.41) is 1.90. The Labute approximate surface area is 157 Å². The van der Waals surface area contributed by atoms with Gasteiger partial charge in [0.1, 0.15) is 0 Å². The molecule has 0 saturated carbocycles. The van der Waals surface area contributed by atoms with Crippen molar-refractivity contribution in [1.82, 2.24) is 4.90 Å². The molecule has 1 aromatic heterocycles. The topological polar surface area (TPSA) is 72.6 Å². The van der Waals surface area contributed by atoms with E-state index < -0.39 is 5.91 Å². The van der Waals surface area contributed by atoms with Gasteiger partial charge in [0.15, 0.2) is 0 Å². The molecule has 1 atom stereocenters. The van der Waals surface area contributed by atoms with E-state index in [0.29, 0.717) is 17.0 Å². The van der Waals surface area contributed by atoms with E-state index >= 15 is 0 Å². The molecule has 1 unspecified atom stereocenters. The minimum absolute atomic E-state index is 0.0161. The molecule has 2 N–H and O–H groups in total. The summed E-state index contributed by atoms with van der Waals surface area (Å²) in [5.41, 5.74) is 7.66. The van der Waals surface area contributed by atoms with Gasteiger partial charge in [0.2, 0.25) is 0 Å². The molecule has 2 heterocycles. The third-order valence-electron chi connectivity index (χ3n) is 4.85. The van der Waals surface area contributed by atoms with Crippen molar-refractivity contribution in [3.63, 3.8) is 0 Å². The summed E-state index contributed by atoms with van der Waals surface area (Å²) in [4.78, 5) is 26.4. The Hall–Kier alpha value is -2.18. The third kappa shape index (κ3) is 3.97. The molecular weight excluding hydrogens is 348 g/mol. The van der Waals surface area contributed by atoms with E-state index in [-0.39, 0.29) is 17.6 Å². The molecule has 0 aliphatic carbocycles. The Morgan fingerprint density at radius 1 is 1.23 bits per heavy atom. The Kier molecular flexibility index (Phi) is 5.16. The van der Waals surface area contributed by atoms with Crippen LogP contribution in [0.15, 0.2) is 35.7 Å². The van der Waals surface area contributed by atoms with Crippen molar-refractivity contribution in [2.75, 3.05) is 13.7 Å². The van der Waals surface area contributed by atoms with Crippen LogP contribution in [0.3, 0.4) is 0 Å². The van der Waals surface area contributed by atoms with Gasteiger partial charge in [-0.15, -0.1) is 11.3 Å². The maximum atomic E-state index is 12.8. The molecule has 3 rings (SSSR count). The highest BCUT2D eigenvalue weighted by molar-refractivity contribution is 7.12. The lowest BCUT2D eigenvalue weighted by Crippen LogP contribution is -2.46. The monoisotopic (exact) mass is 372 g/mol. The van der Waals surface area contributed by atoms with Crippen LogP contribution in [0, 0.1) is 0 Å². The van der Waals surface area contributed by atoms with Crippen molar-refractivity contribution in [3.05, 3.63) is 46.2 Å². The lowest BCUT2D eigenvalue weighted by Gasteiger charge is -2.39. The van der Waals surface area contributed by atoms with Crippen LogP contribution in [0.2, 0.25) is 0 Å². The Balaban J connectivity index is 1.73. The number of hydrogen-bond donors (Lipinski definition) is 1. The fraction of sp³-hybridized carbons (Fsp3) is 0.400. The standard InChI is InChI=1S/C20H24N2O3S/c1-20(2)11-16(8-9-25-20)22(3)19(24)14-6-4-13(5-7-14)15-10-17(18(21)23)26-12-15/h4-7,10,12,16H,8-9,11H2,1-3H3,(H2,21,23). The highest BCUT2D eigenvalue weighted by atomic mass is 32.1. The molecule has 2 aromatic rings. The highest BCUT2D eigenvalue weighted by Crippen LogP contribution is 2.29. The number of nitrogens with two attached hydrogens (primary N) is 1. The second-order valence-corrected chi connectivity index (χ2v) is 8.22. The van der Waals surface area contributed by atoms with Gasteiger partial charge in [-0.1, -0.05) is 12.1 Å². The van der Waals surface area contributed by atoms with Gasteiger partial charge in [0, 0.05) is 25.3 Å². The molecule has 1 aliphatic rings. The minimum Gasteiger partial charge on any atom is -0.375 e. The van der Waals surface area contributed by atoms with Gasteiger partial charge in [-0.3, -0.25) is 9.59 Å². The van der Waals surface area contributed by atoms with Crippen molar-refractivity contribution in [1.29, 1.82) is 0 Å². The van der Waals surface area contributed by atoms with E-state index in [1.807, 2.05) is 41.6 Å². The van der Waals surface area contributed by atoms with E-state index in [2.05, 4.69) is 13.8 Å². The fourth-order valence-electron chi connectivity index (χ4n) is 3.32. The summed E-state index contributed by atoms with van der Waals surface area (Å²) in [6.07, 6.45) is 1.69. The zero-order valence-corrected chi connectivity index (χ0v) is 16.1. The maximum absolute atomic E-state index is 12.8. The molecule has 138 valence electrons. The Morgan fingerprint density at radius 2 is 1.92 bits per heavy atom. The number of rotatable bonds is 4. The number of ether oxygens (including phenoxy) is 1. The molecule has 0 spiro atoms. The van der Waals surface area contributed by atoms with Crippen molar-refractivity contribution in [2.45, 2.75) is 38.3 Å². The van der Waals surface area contributed by atoms with Crippen LogP contribution in [0.4, 0.5) is 0 Å². The van der Waals surface area contributed by atoms with Crippen molar-refractivity contribution >= 4 is 23.2 Å². The van der Waals surface area contributed by atoms with Crippen LogP contribution in [0.25, 0.3) is 11.1 Å². The Morgan fingerprint density at radius 3 is 2.50 bits per heavy atom. The van der Waals surface area contributed by atoms with Gasteiger partial charge in [0.05, 0.1) is 10.5 Å². The van der Waals surface area contributed by atoms with E-state index in [1.165, 1.54) is 11.3 Å². The molecular formula is C20H24N2O3S. The van der Waals surface area contributed by atoms with Crippen molar-refractivity contribution < 1.29 is 14.3 Å². The van der Waals surface area contributed by atoms with Crippen LogP contribution in [-0.4, -0.2) is 42.0 Å². The molecule has 0 bridgehead atoms. The van der Waals surface area contributed by atoms with E-state index in [4.69, 9.17) is 10.5 Å². The second-order valence-electron chi connectivity index (χ2n) is 7.31. The molecule has 1 fully saturated rings. The summed E-state index contributed by atoms with van der Waals surface area (Å²) >= 11 is 1.32. The summed E-state index contributed by atoms with van der Waals surface area (Å²) in [6.45, 7) is 4.80. The predicted octanol–water partition coefficient (Wildman–Crippen LogP) is 3.54. The Bertz CT molecular complexity index is 811. The maximum Gasteiger partial charge on any atom is 0.258 e. The molecule has 1 saturated heterocycles. The quantitative estimate of drug-likeness (QED) is 0.892. The number of primary amides is 1. The van der Waals surface area contributed by atoms with E-state index in [0.717, 1.165) is 24.0 Å². The molecule has 1 aliphatic heterocycles. The van der Waals surface area contributed by atoms with Crippen molar-refractivity contribution in [3.8, 4) is 11.1 Å². The van der Waals surface area contributed by atoms with Gasteiger partial charge in [0.25, 0.3) is 11.8 Å². The first-order valence-electron chi connectivity index (χ1n) is 8.67. The number of carbonyl (C=O) groups excluding carboxylic acids is 2. The lowest BCUT2D eigenvalue weighted by molar-refractivity contribution is -0.0756. The average molecular weight is 372 g/mol. The molecule has 0 radical (unpaired) electrons. The van der Waals surface area contributed by atoms with Crippen LogP contribution in [0.1, 0.15) is 46.7 Å². The normalized spacial score (nSPS) is 19.1. The molecule has 2 amide bonds. The molecule has 26 heavy (non-hydrogen) atoms. The average Bonchev–Trinajstić information content (AvgIpc) is 3.10. The first kappa shape index (κ1) is 18.6. The van der Waals surface area contributed by atoms with Gasteiger partial charge >= 0.3 is 0 Å². The first-order valence-corrected chi connectivity index (χ1v) is 9.55. The summed E-state index contributed by atoms with van der Waals surface area (Å²) in [7, 11) is 1.86. The number of hydrogen-bond acceptors (Lipinski definition) is 4. The zero-order chi connectivity index (χ0) is 18.9.